The van der Waals surface area contributed by atoms with Gasteiger partial charge in [0.25, 0.3) is 0 Å². The van der Waals surface area contributed by atoms with Crippen molar-refractivity contribution in [3.05, 3.63) is 16.7 Å². The number of morpholine rings is 1. The van der Waals surface area contributed by atoms with Crippen LogP contribution < -0.4 is 14.7 Å². The van der Waals surface area contributed by atoms with Gasteiger partial charge in [0.1, 0.15) is 24.2 Å². The van der Waals surface area contributed by atoms with Gasteiger partial charge in [0.15, 0.2) is 0 Å². The second kappa shape index (κ2) is 6.58. The molecule has 2 fully saturated rings. The highest BCUT2D eigenvalue weighted by molar-refractivity contribution is 5.67. The first-order valence-corrected chi connectivity index (χ1v) is 9.12. The third kappa shape index (κ3) is 2.72. The number of quaternary nitrogens is 1. The molecule has 6 nitrogen and oxygen atoms in total. The third-order valence-electron chi connectivity index (χ3n) is 5.48. The number of aromatic nitrogens is 1. The zero-order valence-corrected chi connectivity index (χ0v) is 14.5. The number of pyridine rings is 1. The van der Waals surface area contributed by atoms with E-state index in [4.69, 9.17) is 9.72 Å². The number of nitriles is 1. The van der Waals surface area contributed by atoms with Crippen molar-refractivity contribution in [2.45, 2.75) is 25.8 Å². The fraction of sp³-hybridized carbons (Fsp3) is 0.667. The topological polar surface area (TPSA) is 56.8 Å². The van der Waals surface area contributed by atoms with E-state index >= 15 is 0 Å². The number of ether oxygens (including phenoxy) is 1. The Kier molecular flexibility index (Phi) is 4.30. The minimum Gasteiger partial charge on any atom is -0.378 e. The minimum atomic E-state index is 0.718. The van der Waals surface area contributed by atoms with Crippen LogP contribution in [0.25, 0.3) is 0 Å². The largest absolute Gasteiger partial charge is 0.378 e. The molecule has 1 unspecified atom stereocenters. The second-order valence-corrected chi connectivity index (χ2v) is 7.13. The van der Waals surface area contributed by atoms with Gasteiger partial charge in [-0.15, -0.1) is 0 Å². The van der Waals surface area contributed by atoms with Crippen LogP contribution in [0.1, 0.15) is 29.5 Å². The van der Waals surface area contributed by atoms with Crippen molar-refractivity contribution in [2.24, 2.45) is 0 Å². The van der Waals surface area contributed by atoms with Gasteiger partial charge in [-0.1, -0.05) is 0 Å². The number of anilines is 2. The normalized spacial score (nSPS) is 23.9. The lowest BCUT2D eigenvalue weighted by atomic mass is 9.95. The summed E-state index contributed by atoms with van der Waals surface area (Å²) < 4.78 is 5.49. The van der Waals surface area contributed by atoms with Gasteiger partial charge in [0.05, 0.1) is 37.9 Å². The first-order chi connectivity index (χ1) is 11.8. The quantitative estimate of drug-likeness (QED) is 0.826. The minimum absolute atomic E-state index is 0.718. The Labute approximate surface area is 143 Å². The summed E-state index contributed by atoms with van der Waals surface area (Å²) in [6.07, 6.45) is 3.46. The molecule has 24 heavy (non-hydrogen) atoms. The van der Waals surface area contributed by atoms with Crippen LogP contribution in [0.2, 0.25) is 0 Å². The molecule has 4 rings (SSSR count). The molecule has 0 aliphatic carbocycles. The third-order valence-corrected chi connectivity index (χ3v) is 5.48. The number of hydrogen-bond acceptors (Lipinski definition) is 5. The number of fused-ring (bicyclic) bond motifs is 1. The summed E-state index contributed by atoms with van der Waals surface area (Å²) in [6, 6.07) is 2.48. The van der Waals surface area contributed by atoms with E-state index in [1.54, 1.807) is 0 Å². The molecular formula is C18H26N5O+. The average molecular weight is 328 g/mol. The van der Waals surface area contributed by atoms with Crippen LogP contribution in [0.3, 0.4) is 0 Å². The second-order valence-electron chi connectivity index (χ2n) is 7.13. The van der Waals surface area contributed by atoms with Gasteiger partial charge in [0.2, 0.25) is 0 Å². The molecule has 0 saturated carbocycles. The fourth-order valence-corrected chi connectivity index (χ4v) is 4.15. The van der Waals surface area contributed by atoms with Crippen molar-refractivity contribution >= 4 is 11.6 Å². The molecule has 3 aliphatic rings. The number of nitrogens with one attached hydrogen (secondary N) is 1. The predicted octanol–water partition coefficient (Wildman–Crippen LogP) is -0.0391. The lowest BCUT2D eigenvalue weighted by Gasteiger charge is -2.33. The summed E-state index contributed by atoms with van der Waals surface area (Å²) in [5.74, 6) is 2.03. The first-order valence-electron chi connectivity index (χ1n) is 9.12. The van der Waals surface area contributed by atoms with Gasteiger partial charge >= 0.3 is 0 Å². The summed E-state index contributed by atoms with van der Waals surface area (Å²) in [7, 11) is 2.23. The van der Waals surface area contributed by atoms with Crippen molar-refractivity contribution in [3.63, 3.8) is 0 Å². The summed E-state index contributed by atoms with van der Waals surface area (Å²) in [5, 5.41) is 9.86. The summed E-state index contributed by atoms with van der Waals surface area (Å²) in [5.41, 5.74) is 3.37. The lowest BCUT2D eigenvalue weighted by Crippen LogP contribution is -3.08. The standard InChI is InChI=1S/C18H25N5O/c1-21-7-4-14-15(12-19)17(23-8-10-24-11-9-23)20-18(16(14)13-21)22-5-2-3-6-22/h2-11,13H2,1H3/p+1. The number of likely N-dealkylation sites (N-methyl/N-ethyl adjacent to an activating group) is 1. The summed E-state index contributed by atoms with van der Waals surface area (Å²) in [4.78, 5) is 11.2. The molecule has 1 aromatic rings. The van der Waals surface area contributed by atoms with Gasteiger partial charge in [-0.2, -0.15) is 5.26 Å². The van der Waals surface area contributed by atoms with Gasteiger partial charge < -0.3 is 19.4 Å². The number of rotatable bonds is 2. The van der Waals surface area contributed by atoms with Crippen molar-refractivity contribution < 1.29 is 9.64 Å². The maximum Gasteiger partial charge on any atom is 0.149 e. The molecule has 3 aliphatic heterocycles. The van der Waals surface area contributed by atoms with Crippen molar-refractivity contribution in [3.8, 4) is 6.07 Å². The van der Waals surface area contributed by atoms with E-state index in [2.05, 4.69) is 22.9 Å². The number of hydrogen-bond donors (Lipinski definition) is 1. The number of nitrogens with zero attached hydrogens (tertiary/aromatic N) is 4. The zero-order chi connectivity index (χ0) is 16.5. The molecule has 1 aromatic heterocycles. The molecule has 6 heteroatoms. The van der Waals surface area contributed by atoms with E-state index < -0.39 is 0 Å². The lowest BCUT2D eigenvalue weighted by molar-refractivity contribution is -0.895. The van der Waals surface area contributed by atoms with E-state index in [1.165, 1.54) is 28.9 Å². The molecule has 0 radical (unpaired) electrons. The Morgan fingerprint density at radius 1 is 1.04 bits per heavy atom. The molecule has 0 aromatic carbocycles. The van der Waals surface area contributed by atoms with Crippen LogP contribution in [0.4, 0.5) is 11.6 Å². The van der Waals surface area contributed by atoms with Crippen LogP contribution in [0.15, 0.2) is 0 Å². The molecule has 0 bridgehead atoms. The Morgan fingerprint density at radius 2 is 1.75 bits per heavy atom. The van der Waals surface area contributed by atoms with E-state index in [0.717, 1.165) is 76.1 Å². The van der Waals surface area contributed by atoms with Crippen molar-refractivity contribution in [2.75, 3.05) is 62.8 Å². The van der Waals surface area contributed by atoms with Crippen LogP contribution in [0, 0.1) is 11.3 Å². The average Bonchev–Trinajstić information content (AvgIpc) is 3.15. The highest BCUT2D eigenvalue weighted by atomic mass is 16.5. The zero-order valence-electron chi connectivity index (χ0n) is 14.5. The monoisotopic (exact) mass is 328 g/mol. The van der Waals surface area contributed by atoms with Crippen LogP contribution in [-0.2, 0) is 17.7 Å². The van der Waals surface area contributed by atoms with E-state index in [9.17, 15) is 5.26 Å². The van der Waals surface area contributed by atoms with E-state index in [-0.39, 0.29) is 0 Å². The Bertz CT molecular complexity index is 656. The molecule has 1 N–H and O–H groups in total. The SMILES string of the molecule is C[NH+]1CCc2c(C#N)c(N3CCOCC3)nc(N3CCCC3)c2C1. The highest BCUT2D eigenvalue weighted by Gasteiger charge is 2.31. The fourth-order valence-electron chi connectivity index (χ4n) is 4.15. The summed E-state index contributed by atoms with van der Waals surface area (Å²) >= 11 is 0. The maximum absolute atomic E-state index is 9.86. The van der Waals surface area contributed by atoms with Crippen LogP contribution in [-0.4, -0.2) is 58.0 Å². The Morgan fingerprint density at radius 3 is 2.46 bits per heavy atom. The van der Waals surface area contributed by atoms with E-state index in [0.29, 0.717) is 0 Å². The van der Waals surface area contributed by atoms with Gasteiger partial charge in [-0.3, -0.25) is 0 Å². The van der Waals surface area contributed by atoms with Crippen molar-refractivity contribution in [1.82, 2.24) is 4.98 Å². The smallest absolute Gasteiger partial charge is 0.149 e. The Hall–Kier alpha value is -1.84. The molecule has 0 spiro atoms. The molecule has 128 valence electrons. The van der Waals surface area contributed by atoms with Gasteiger partial charge in [-0.05, 0) is 18.4 Å². The van der Waals surface area contributed by atoms with Gasteiger partial charge in [-0.25, -0.2) is 4.98 Å². The molecular weight excluding hydrogens is 302 g/mol. The predicted molar refractivity (Wildman–Crippen MR) is 92.6 cm³/mol. The molecule has 2 saturated heterocycles. The molecule has 1 atom stereocenters. The molecule has 4 heterocycles. The van der Waals surface area contributed by atoms with E-state index in [1.807, 2.05) is 0 Å². The molecule has 0 amide bonds. The maximum atomic E-state index is 9.86. The Balaban J connectivity index is 1.84. The van der Waals surface area contributed by atoms with Crippen molar-refractivity contribution in [1.29, 1.82) is 5.26 Å². The highest BCUT2D eigenvalue weighted by Crippen LogP contribution is 2.34. The summed E-state index contributed by atoms with van der Waals surface area (Å²) in [6.45, 7) is 7.33. The van der Waals surface area contributed by atoms with Crippen LogP contribution in [0.5, 0.6) is 0 Å². The van der Waals surface area contributed by atoms with Gasteiger partial charge in [0, 0.05) is 32.6 Å². The van der Waals surface area contributed by atoms with Crippen LogP contribution >= 0.6 is 0 Å². The first kappa shape index (κ1) is 15.7.